The Labute approximate surface area is 217 Å². The van der Waals surface area contributed by atoms with Gasteiger partial charge < -0.3 is 21.3 Å². The number of aryl methyl sites for hydroxylation is 1. The smallest absolute Gasteiger partial charge is 0.335 e. The predicted octanol–water partition coefficient (Wildman–Crippen LogP) is 3.38. The maximum atomic E-state index is 13.2. The van der Waals surface area contributed by atoms with E-state index in [2.05, 4.69) is 10.2 Å². The number of rotatable bonds is 8. The number of nitrogens with zero attached hydrogens (tertiary/aromatic N) is 1. The van der Waals surface area contributed by atoms with Gasteiger partial charge in [-0.1, -0.05) is 18.2 Å². The fourth-order valence-corrected chi connectivity index (χ4v) is 5.97. The van der Waals surface area contributed by atoms with E-state index in [1.807, 2.05) is 19.9 Å². The molecule has 1 saturated heterocycles. The molecule has 2 amide bonds. The number of hydrogen-bond acceptors (Lipinski definition) is 5. The second kappa shape index (κ2) is 11.4. The highest BCUT2D eigenvalue weighted by atomic mass is 16.4. The van der Waals surface area contributed by atoms with Gasteiger partial charge in [0.15, 0.2) is 0 Å². The molecule has 4 rings (SSSR count). The molecule has 0 aromatic heterocycles. The number of primary amides is 1. The van der Waals surface area contributed by atoms with E-state index in [1.165, 1.54) is 0 Å². The molecule has 0 bridgehead atoms. The SMILES string of the molecule is Cc1cc(C(N)=O)ccc1C1CC(CN2CCC[C@@H]2C(=O)N[C@@H](C)c2ccc(C(=O)O)cc2)CCC1O. The summed E-state index contributed by atoms with van der Waals surface area (Å²) in [5, 5.41) is 23.0. The van der Waals surface area contributed by atoms with E-state index in [9.17, 15) is 19.5 Å². The number of aliphatic hydroxyl groups is 1. The van der Waals surface area contributed by atoms with Crippen LogP contribution in [-0.2, 0) is 4.79 Å². The Morgan fingerprint density at radius 1 is 1.08 bits per heavy atom. The van der Waals surface area contributed by atoms with Crippen LogP contribution < -0.4 is 11.1 Å². The lowest BCUT2D eigenvalue weighted by molar-refractivity contribution is -0.126. The lowest BCUT2D eigenvalue weighted by atomic mass is 9.74. The fraction of sp³-hybridized carbons (Fsp3) is 0.483. The van der Waals surface area contributed by atoms with Crippen LogP contribution in [0.1, 0.15) is 88.4 Å². The van der Waals surface area contributed by atoms with Crippen molar-refractivity contribution in [1.82, 2.24) is 10.2 Å². The van der Waals surface area contributed by atoms with Gasteiger partial charge in [0.25, 0.3) is 0 Å². The lowest BCUT2D eigenvalue weighted by Crippen LogP contribution is -2.46. The molecule has 5 atom stereocenters. The molecule has 2 aromatic carbocycles. The van der Waals surface area contributed by atoms with Gasteiger partial charge in [0.05, 0.1) is 23.8 Å². The summed E-state index contributed by atoms with van der Waals surface area (Å²) < 4.78 is 0. The summed E-state index contributed by atoms with van der Waals surface area (Å²) in [7, 11) is 0. The first kappa shape index (κ1) is 26.8. The van der Waals surface area contributed by atoms with Gasteiger partial charge in [-0.3, -0.25) is 14.5 Å². The van der Waals surface area contributed by atoms with Crippen molar-refractivity contribution in [3.05, 3.63) is 70.3 Å². The summed E-state index contributed by atoms with van der Waals surface area (Å²) in [4.78, 5) is 38.1. The molecule has 0 spiro atoms. The molecule has 0 radical (unpaired) electrons. The number of carboxylic acids is 1. The van der Waals surface area contributed by atoms with Crippen molar-refractivity contribution < 1.29 is 24.6 Å². The van der Waals surface area contributed by atoms with Crippen LogP contribution in [0, 0.1) is 12.8 Å². The molecule has 1 aliphatic carbocycles. The maximum Gasteiger partial charge on any atom is 0.335 e. The molecular weight excluding hydrogens is 470 g/mol. The summed E-state index contributed by atoms with van der Waals surface area (Å²) in [5.41, 5.74) is 9.00. The number of benzene rings is 2. The topological polar surface area (TPSA) is 133 Å². The van der Waals surface area contributed by atoms with Crippen LogP contribution in [0.5, 0.6) is 0 Å². The monoisotopic (exact) mass is 507 g/mol. The van der Waals surface area contributed by atoms with Crippen LogP contribution in [0.15, 0.2) is 42.5 Å². The van der Waals surface area contributed by atoms with Gasteiger partial charge in [-0.25, -0.2) is 4.79 Å². The van der Waals surface area contributed by atoms with Crippen molar-refractivity contribution >= 4 is 17.8 Å². The molecule has 1 aliphatic heterocycles. The van der Waals surface area contributed by atoms with Crippen molar-refractivity contribution in [2.45, 2.75) is 70.1 Å². The average molecular weight is 508 g/mol. The highest BCUT2D eigenvalue weighted by molar-refractivity contribution is 5.93. The zero-order chi connectivity index (χ0) is 26.7. The summed E-state index contributed by atoms with van der Waals surface area (Å²) in [6.45, 7) is 5.54. The Morgan fingerprint density at radius 3 is 2.43 bits per heavy atom. The quantitative estimate of drug-likeness (QED) is 0.433. The Hall–Kier alpha value is -3.23. The second-order valence-corrected chi connectivity index (χ2v) is 10.6. The minimum atomic E-state index is -0.972. The number of aliphatic hydroxyl groups excluding tert-OH is 1. The molecule has 2 aromatic rings. The minimum Gasteiger partial charge on any atom is -0.478 e. The molecule has 3 unspecified atom stereocenters. The molecule has 198 valence electrons. The Morgan fingerprint density at radius 2 is 1.78 bits per heavy atom. The van der Waals surface area contributed by atoms with Crippen molar-refractivity contribution in [2.75, 3.05) is 13.1 Å². The normalized spacial score (nSPS) is 24.9. The fourth-order valence-electron chi connectivity index (χ4n) is 5.97. The Bertz CT molecular complexity index is 1150. The third-order valence-electron chi connectivity index (χ3n) is 8.05. The van der Waals surface area contributed by atoms with Crippen LogP contribution in [0.25, 0.3) is 0 Å². The van der Waals surface area contributed by atoms with Crippen LogP contribution in [0.2, 0.25) is 0 Å². The van der Waals surface area contributed by atoms with E-state index in [-0.39, 0.29) is 29.5 Å². The molecule has 8 heteroatoms. The number of carbonyl (C=O) groups is 3. The lowest BCUT2D eigenvalue weighted by Gasteiger charge is -2.37. The van der Waals surface area contributed by atoms with Gasteiger partial charge in [-0.05, 0) is 99.4 Å². The molecular formula is C29H37N3O5. The molecule has 8 nitrogen and oxygen atoms in total. The highest BCUT2D eigenvalue weighted by Gasteiger charge is 2.36. The zero-order valence-electron chi connectivity index (χ0n) is 21.5. The largest absolute Gasteiger partial charge is 0.478 e. The standard InChI is InChI=1S/C29H37N3O5/c1-17-14-22(27(30)34)10-11-23(17)24-15-19(5-12-26(24)33)16-32-13-3-4-25(32)28(35)31-18(2)20-6-8-21(9-7-20)29(36)37/h6-11,14,18-19,24-26,33H,3-5,12-13,15-16H2,1-2H3,(H2,30,34)(H,31,35)(H,36,37)/t18-,19?,24?,25+,26?/m0/s1. The number of amides is 2. The number of likely N-dealkylation sites (tertiary alicyclic amines) is 1. The second-order valence-electron chi connectivity index (χ2n) is 10.6. The zero-order valence-corrected chi connectivity index (χ0v) is 21.5. The van der Waals surface area contributed by atoms with Crippen LogP contribution in [-0.4, -0.2) is 58.1 Å². The van der Waals surface area contributed by atoms with Crippen LogP contribution in [0.3, 0.4) is 0 Å². The molecule has 5 N–H and O–H groups in total. The van der Waals surface area contributed by atoms with E-state index >= 15 is 0 Å². The molecule has 37 heavy (non-hydrogen) atoms. The first-order valence-corrected chi connectivity index (χ1v) is 13.1. The Balaban J connectivity index is 1.38. The number of hydrogen-bond donors (Lipinski definition) is 4. The van der Waals surface area contributed by atoms with E-state index in [0.717, 1.165) is 55.5 Å². The minimum absolute atomic E-state index is 0.00223. The highest BCUT2D eigenvalue weighted by Crippen LogP contribution is 2.39. The van der Waals surface area contributed by atoms with Gasteiger partial charge >= 0.3 is 5.97 Å². The summed E-state index contributed by atoms with van der Waals surface area (Å²) in [6.07, 6.45) is 3.79. The van der Waals surface area contributed by atoms with E-state index < -0.39 is 18.0 Å². The van der Waals surface area contributed by atoms with Gasteiger partial charge in [0, 0.05) is 18.0 Å². The van der Waals surface area contributed by atoms with Crippen molar-refractivity contribution in [3.8, 4) is 0 Å². The number of carboxylic acid groups (broad SMARTS) is 1. The maximum absolute atomic E-state index is 13.2. The van der Waals surface area contributed by atoms with Crippen LogP contribution >= 0.6 is 0 Å². The third-order valence-corrected chi connectivity index (χ3v) is 8.05. The molecule has 2 fully saturated rings. The molecule has 1 heterocycles. The summed E-state index contributed by atoms with van der Waals surface area (Å²) in [6, 6.07) is 11.6. The van der Waals surface area contributed by atoms with Gasteiger partial charge in [0.1, 0.15) is 0 Å². The molecule has 1 saturated carbocycles. The van der Waals surface area contributed by atoms with E-state index in [1.54, 1.807) is 36.4 Å². The number of carbonyl (C=O) groups excluding carboxylic acids is 2. The number of aromatic carboxylic acids is 1. The first-order chi connectivity index (χ1) is 17.6. The van der Waals surface area contributed by atoms with Crippen molar-refractivity contribution in [2.24, 2.45) is 11.7 Å². The predicted molar refractivity (Wildman–Crippen MR) is 140 cm³/mol. The summed E-state index contributed by atoms with van der Waals surface area (Å²) >= 11 is 0. The van der Waals surface area contributed by atoms with Gasteiger partial charge in [-0.15, -0.1) is 0 Å². The number of nitrogens with one attached hydrogen (secondary N) is 1. The van der Waals surface area contributed by atoms with E-state index in [4.69, 9.17) is 10.8 Å². The van der Waals surface area contributed by atoms with Gasteiger partial charge in [-0.2, -0.15) is 0 Å². The van der Waals surface area contributed by atoms with Crippen LogP contribution in [0.4, 0.5) is 0 Å². The Kier molecular flexibility index (Phi) is 8.29. The first-order valence-electron chi connectivity index (χ1n) is 13.1. The third kappa shape index (κ3) is 6.19. The van der Waals surface area contributed by atoms with Gasteiger partial charge in [0.2, 0.25) is 11.8 Å². The summed E-state index contributed by atoms with van der Waals surface area (Å²) in [5.74, 6) is -1.08. The van der Waals surface area contributed by atoms with E-state index in [0.29, 0.717) is 17.9 Å². The van der Waals surface area contributed by atoms with Crippen molar-refractivity contribution in [3.63, 3.8) is 0 Å². The number of nitrogens with two attached hydrogens (primary N) is 1. The average Bonchev–Trinajstić information content (AvgIpc) is 3.33. The molecule has 2 aliphatic rings. The van der Waals surface area contributed by atoms with Crippen molar-refractivity contribution in [1.29, 1.82) is 0 Å².